The summed E-state index contributed by atoms with van der Waals surface area (Å²) >= 11 is 0. The number of aryl methyl sites for hydroxylation is 1. The summed E-state index contributed by atoms with van der Waals surface area (Å²) in [6.45, 7) is 3.77. The van der Waals surface area contributed by atoms with Crippen molar-refractivity contribution in [1.29, 1.82) is 0 Å². The normalized spacial score (nSPS) is 11.4. The molecule has 24 heavy (non-hydrogen) atoms. The molecule has 0 saturated carbocycles. The molecule has 1 aromatic carbocycles. The zero-order valence-corrected chi connectivity index (χ0v) is 13.3. The van der Waals surface area contributed by atoms with E-state index in [0.717, 1.165) is 6.07 Å². The SMILES string of the molecule is CCCN(c1ccc(C)c(C(F)(F)F)c1)c1ccc(C(=O)O)cn1. The number of aromatic carboxylic acids is 1. The third-order valence-corrected chi connectivity index (χ3v) is 3.56. The number of carbonyl (C=O) groups is 1. The summed E-state index contributed by atoms with van der Waals surface area (Å²) in [5, 5.41) is 8.91. The third kappa shape index (κ3) is 3.84. The van der Waals surface area contributed by atoms with Crippen LogP contribution >= 0.6 is 0 Å². The van der Waals surface area contributed by atoms with E-state index in [-0.39, 0.29) is 11.1 Å². The smallest absolute Gasteiger partial charge is 0.416 e. The number of alkyl halides is 3. The molecule has 0 fully saturated rings. The molecule has 0 aliphatic rings. The lowest BCUT2D eigenvalue weighted by Crippen LogP contribution is -2.20. The van der Waals surface area contributed by atoms with Crippen LogP contribution in [0.3, 0.4) is 0 Å². The first-order valence-electron chi connectivity index (χ1n) is 7.38. The molecular formula is C17H17F3N2O2. The zero-order chi connectivity index (χ0) is 17.9. The molecule has 4 nitrogen and oxygen atoms in total. The van der Waals surface area contributed by atoms with Crippen LogP contribution in [0.15, 0.2) is 36.5 Å². The maximum absolute atomic E-state index is 13.1. The summed E-state index contributed by atoms with van der Waals surface area (Å²) in [5.74, 6) is -0.704. The average Bonchev–Trinajstić information content (AvgIpc) is 2.52. The monoisotopic (exact) mass is 338 g/mol. The summed E-state index contributed by atoms with van der Waals surface area (Å²) in [7, 11) is 0. The van der Waals surface area contributed by atoms with Crippen LogP contribution < -0.4 is 4.90 Å². The van der Waals surface area contributed by atoms with Crippen molar-refractivity contribution in [2.45, 2.75) is 26.4 Å². The molecule has 0 amide bonds. The van der Waals surface area contributed by atoms with Crippen LogP contribution in [0.5, 0.6) is 0 Å². The van der Waals surface area contributed by atoms with Crippen LogP contribution in [-0.4, -0.2) is 22.6 Å². The lowest BCUT2D eigenvalue weighted by molar-refractivity contribution is -0.138. The molecule has 7 heteroatoms. The molecule has 0 saturated heterocycles. The van der Waals surface area contributed by atoms with Crippen molar-refractivity contribution in [3.63, 3.8) is 0 Å². The Balaban J connectivity index is 2.46. The second-order valence-electron chi connectivity index (χ2n) is 5.36. The maximum atomic E-state index is 13.1. The third-order valence-electron chi connectivity index (χ3n) is 3.56. The van der Waals surface area contributed by atoms with Gasteiger partial charge in [0.25, 0.3) is 0 Å². The maximum Gasteiger partial charge on any atom is 0.416 e. The number of anilines is 2. The lowest BCUT2D eigenvalue weighted by Gasteiger charge is -2.25. The molecule has 1 heterocycles. The Labute approximate surface area is 137 Å². The Morgan fingerprint density at radius 3 is 2.46 bits per heavy atom. The van der Waals surface area contributed by atoms with Crippen LogP contribution in [0.4, 0.5) is 24.7 Å². The summed E-state index contributed by atoms with van der Waals surface area (Å²) < 4.78 is 39.4. The predicted octanol–water partition coefficient (Wildman–Crippen LogP) is 4.66. The van der Waals surface area contributed by atoms with Gasteiger partial charge >= 0.3 is 12.1 Å². The van der Waals surface area contributed by atoms with E-state index in [0.29, 0.717) is 24.5 Å². The summed E-state index contributed by atoms with van der Waals surface area (Å²) in [5.41, 5.74) is -0.152. The van der Waals surface area contributed by atoms with E-state index in [2.05, 4.69) is 4.98 Å². The van der Waals surface area contributed by atoms with E-state index in [4.69, 9.17) is 5.11 Å². The van der Waals surface area contributed by atoms with Gasteiger partial charge in [-0.3, -0.25) is 0 Å². The second kappa shape index (κ2) is 6.90. The highest BCUT2D eigenvalue weighted by atomic mass is 19.4. The molecule has 128 valence electrons. The average molecular weight is 338 g/mol. The van der Waals surface area contributed by atoms with E-state index in [9.17, 15) is 18.0 Å². The van der Waals surface area contributed by atoms with Crippen molar-refractivity contribution in [1.82, 2.24) is 4.98 Å². The Kier molecular flexibility index (Phi) is 5.11. The van der Waals surface area contributed by atoms with Crippen molar-refractivity contribution in [2.75, 3.05) is 11.4 Å². The van der Waals surface area contributed by atoms with Crippen LogP contribution in [0, 0.1) is 6.92 Å². The fourth-order valence-electron chi connectivity index (χ4n) is 2.36. The topological polar surface area (TPSA) is 53.4 Å². The Bertz CT molecular complexity index is 728. The van der Waals surface area contributed by atoms with Crippen LogP contribution in [0.25, 0.3) is 0 Å². The molecule has 0 unspecified atom stereocenters. The number of halogens is 3. The lowest BCUT2D eigenvalue weighted by atomic mass is 10.1. The quantitative estimate of drug-likeness (QED) is 0.862. The molecule has 0 radical (unpaired) electrons. The molecule has 2 aromatic rings. The van der Waals surface area contributed by atoms with Crippen molar-refractivity contribution in [3.8, 4) is 0 Å². The second-order valence-corrected chi connectivity index (χ2v) is 5.36. The van der Waals surface area contributed by atoms with Crippen LogP contribution in [0.2, 0.25) is 0 Å². The fraction of sp³-hybridized carbons (Fsp3) is 0.294. The number of hydrogen-bond donors (Lipinski definition) is 1. The van der Waals surface area contributed by atoms with Crippen molar-refractivity contribution < 1.29 is 23.1 Å². The molecule has 0 aliphatic heterocycles. The highest BCUT2D eigenvalue weighted by Crippen LogP contribution is 2.35. The van der Waals surface area contributed by atoms with Gasteiger partial charge in [-0.2, -0.15) is 13.2 Å². The molecule has 1 aromatic heterocycles. The van der Waals surface area contributed by atoms with E-state index in [1.54, 1.807) is 11.0 Å². The van der Waals surface area contributed by atoms with Gasteiger partial charge in [-0.1, -0.05) is 13.0 Å². The number of nitrogens with zero attached hydrogens (tertiary/aromatic N) is 2. The van der Waals surface area contributed by atoms with Crippen molar-refractivity contribution >= 4 is 17.5 Å². The first-order valence-corrected chi connectivity index (χ1v) is 7.38. The number of aromatic nitrogens is 1. The number of carboxylic acid groups (broad SMARTS) is 1. The van der Waals surface area contributed by atoms with Gasteiger partial charge in [0.2, 0.25) is 0 Å². The molecule has 0 aliphatic carbocycles. The van der Waals surface area contributed by atoms with Gasteiger partial charge in [0, 0.05) is 18.4 Å². The molecule has 0 bridgehead atoms. The van der Waals surface area contributed by atoms with Gasteiger partial charge in [0.1, 0.15) is 5.82 Å². The first kappa shape index (κ1) is 17.8. The molecule has 0 spiro atoms. The molecular weight excluding hydrogens is 321 g/mol. The molecule has 0 atom stereocenters. The van der Waals surface area contributed by atoms with E-state index >= 15 is 0 Å². The Hall–Kier alpha value is -2.57. The Morgan fingerprint density at radius 2 is 1.96 bits per heavy atom. The highest BCUT2D eigenvalue weighted by Gasteiger charge is 2.33. The largest absolute Gasteiger partial charge is 0.478 e. The minimum absolute atomic E-state index is 0.0232. The van der Waals surface area contributed by atoms with Gasteiger partial charge in [-0.15, -0.1) is 0 Å². The summed E-state index contributed by atoms with van der Waals surface area (Å²) in [6.07, 6.45) is -2.55. The van der Waals surface area contributed by atoms with E-state index in [1.165, 1.54) is 31.3 Å². The highest BCUT2D eigenvalue weighted by molar-refractivity contribution is 5.87. The number of benzene rings is 1. The van der Waals surface area contributed by atoms with Gasteiger partial charge in [0.05, 0.1) is 11.1 Å². The van der Waals surface area contributed by atoms with Crippen LogP contribution in [-0.2, 0) is 6.18 Å². The number of carboxylic acids is 1. The van der Waals surface area contributed by atoms with Crippen LogP contribution in [0.1, 0.15) is 34.8 Å². The summed E-state index contributed by atoms with van der Waals surface area (Å²) in [6, 6.07) is 7.00. The first-order chi connectivity index (χ1) is 11.2. The zero-order valence-electron chi connectivity index (χ0n) is 13.3. The van der Waals surface area contributed by atoms with Crippen molar-refractivity contribution in [3.05, 3.63) is 53.2 Å². The van der Waals surface area contributed by atoms with Gasteiger partial charge in [-0.25, -0.2) is 9.78 Å². The van der Waals surface area contributed by atoms with E-state index in [1.807, 2.05) is 6.92 Å². The number of rotatable bonds is 5. The molecule has 2 rings (SSSR count). The van der Waals surface area contributed by atoms with Crippen molar-refractivity contribution in [2.24, 2.45) is 0 Å². The standard InChI is InChI=1S/C17H17F3N2O2/c1-3-8-22(15-7-5-12(10-21-15)16(23)24)13-6-4-11(2)14(9-13)17(18,19)20/h4-7,9-10H,3,8H2,1-2H3,(H,23,24). The number of pyridine rings is 1. The minimum Gasteiger partial charge on any atom is -0.478 e. The Morgan fingerprint density at radius 1 is 1.25 bits per heavy atom. The minimum atomic E-state index is -4.43. The predicted molar refractivity (Wildman–Crippen MR) is 84.7 cm³/mol. The molecule has 1 N–H and O–H groups in total. The van der Waals surface area contributed by atoms with Gasteiger partial charge < -0.3 is 10.0 Å². The number of hydrogen-bond acceptors (Lipinski definition) is 3. The van der Waals surface area contributed by atoms with E-state index < -0.39 is 17.7 Å². The van der Waals surface area contributed by atoms with Gasteiger partial charge in [-0.05, 0) is 43.2 Å². The summed E-state index contributed by atoms with van der Waals surface area (Å²) in [4.78, 5) is 16.6. The fourth-order valence-corrected chi connectivity index (χ4v) is 2.36. The van der Waals surface area contributed by atoms with Gasteiger partial charge in [0.15, 0.2) is 0 Å².